The maximum Gasteiger partial charge on any atom is 0.0624 e. The minimum Gasteiger partial charge on any atom is -0.314 e. The lowest BCUT2D eigenvalue weighted by molar-refractivity contribution is 0.423. The Hall–Kier alpha value is -0.830. The number of rotatable bonds is 8. The van der Waals surface area contributed by atoms with Gasteiger partial charge in [0.15, 0.2) is 0 Å². The molecule has 0 amide bonds. The van der Waals surface area contributed by atoms with Crippen molar-refractivity contribution < 1.29 is 0 Å². The van der Waals surface area contributed by atoms with E-state index in [0.717, 1.165) is 25.9 Å². The van der Waals surface area contributed by atoms with Crippen LogP contribution in [0.5, 0.6) is 0 Å². The normalized spacial score (nSPS) is 13.2. The van der Waals surface area contributed by atoms with E-state index in [1.54, 1.807) is 0 Å². The molecule has 1 aromatic rings. The predicted octanol–water partition coefficient (Wildman–Crippen LogP) is 3.03. The van der Waals surface area contributed by atoms with Gasteiger partial charge in [0.25, 0.3) is 0 Å². The molecule has 1 N–H and O–H groups in total. The monoisotopic (exact) mass is 251 g/mol. The van der Waals surface area contributed by atoms with Crippen molar-refractivity contribution in [1.29, 1.82) is 0 Å². The summed E-state index contributed by atoms with van der Waals surface area (Å²) < 4.78 is 2.16. The van der Waals surface area contributed by atoms with Gasteiger partial charge in [0.1, 0.15) is 0 Å². The molecule has 3 heteroatoms. The second kappa shape index (κ2) is 7.57. The predicted molar refractivity (Wildman–Crippen MR) is 77.9 cm³/mol. The number of aryl methyl sites for hydroxylation is 2. The van der Waals surface area contributed by atoms with Crippen LogP contribution in [-0.2, 0) is 19.4 Å². The SMILES string of the molecule is CCc1cc(CC(CC)CNC(C)C)n(CC)n1. The number of aromatic nitrogens is 2. The molecule has 0 aliphatic heterocycles. The van der Waals surface area contributed by atoms with E-state index in [4.69, 9.17) is 0 Å². The van der Waals surface area contributed by atoms with Crippen LogP contribution >= 0.6 is 0 Å². The Bertz CT molecular complexity index is 342. The Morgan fingerprint density at radius 2 is 2.00 bits per heavy atom. The molecule has 0 fully saturated rings. The summed E-state index contributed by atoms with van der Waals surface area (Å²) in [5, 5.41) is 8.17. The van der Waals surface area contributed by atoms with E-state index in [-0.39, 0.29) is 0 Å². The van der Waals surface area contributed by atoms with Gasteiger partial charge in [-0.25, -0.2) is 0 Å². The van der Waals surface area contributed by atoms with Crippen molar-refractivity contribution in [3.63, 3.8) is 0 Å². The molecule has 0 aliphatic rings. The van der Waals surface area contributed by atoms with Gasteiger partial charge in [-0.15, -0.1) is 0 Å². The van der Waals surface area contributed by atoms with Crippen LogP contribution in [0.25, 0.3) is 0 Å². The first-order chi connectivity index (χ1) is 8.60. The maximum absolute atomic E-state index is 4.63. The molecule has 1 aromatic heterocycles. The van der Waals surface area contributed by atoms with Gasteiger partial charge >= 0.3 is 0 Å². The standard InChI is InChI=1S/C15H29N3/c1-6-13(11-16-12(4)5)9-15-10-14(7-2)17-18(15)8-3/h10,12-13,16H,6-9,11H2,1-5H3. The van der Waals surface area contributed by atoms with Gasteiger partial charge in [0.2, 0.25) is 0 Å². The van der Waals surface area contributed by atoms with E-state index in [2.05, 4.69) is 55.8 Å². The highest BCUT2D eigenvalue weighted by Gasteiger charge is 2.12. The van der Waals surface area contributed by atoms with Crippen molar-refractivity contribution in [3.8, 4) is 0 Å². The third-order valence-electron chi connectivity index (χ3n) is 3.47. The lowest BCUT2D eigenvalue weighted by Crippen LogP contribution is -2.30. The largest absolute Gasteiger partial charge is 0.314 e. The highest BCUT2D eigenvalue weighted by Crippen LogP contribution is 2.14. The highest BCUT2D eigenvalue weighted by molar-refractivity contribution is 5.11. The molecule has 1 unspecified atom stereocenters. The number of nitrogens with one attached hydrogen (secondary N) is 1. The minimum atomic E-state index is 0.571. The van der Waals surface area contributed by atoms with Crippen LogP contribution in [0.2, 0.25) is 0 Å². The van der Waals surface area contributed by atoms with Crippen molar-refractivity contribution in [2.45, 2.75) is 66.5 Å². The lowest BCUT2D eigenvalue weighted by atomic mass is 9.99. The van der Waals surface area contributed by atoms with Crippen LogP contribution in [0.15, 0.2) is 6.07 Å². The molecule has 1 atom stereocenters. The van der Waals surface area contributed by atoms with Crippen LogP contribution in [0.3, 0.4) is 0 Å². The summed E-state index contributed by atoms with van der Waals surface area (Å²) in [4.78, 5) is 0. The quantitative estimate of drug-likeness (QED) is 0.769. The molecule has 18 heavy (non-hydrogen) atoms. The van der Waals surface area contributed by atoms with E-state index in [1.165, 1.54) is 17.8 Å². The molecule has 0 saturated heterocycles. The molecule has 1 heterocycles. The summed E-state index contributed by atoms with van der Waals surface area (Å²) in [6.07, 6.45) is 3.38. The van der Waals surface area contributed by atoms with Crippen LogP contribution in [-0.4, -0.2) is 22.4 Å². The highest BCUT2D eigenvalue weighted by atomic mass is 15.3. The molecule has 0 saturated carbocycles. The second-order valence-electron chi connectivity index (χ2n) is 5.34. The molecule has 0 spiro atoms. The van der Waals surface area contributed by atoms with E-state index in [1.807, 2.05) is 0 Å². The molecular formula is C15H29N3. The first-order valence-corrected chi connectivity index (χ1v) is 7.39. The third kappa shape index (κ3) is 4.45. The average molecular weight is 251 g/mol. The second-order valence-corrected chi connectivity index (χ2v) is 5.34. The molecule has 0 aromatic carbocycles. The van der Waals surface area contributed by atoms with Gasteiger partial charge in [0.05, 0.1) is 5.69 Å². The van der Waals surface area contributed by atoms with E-state index in [9.17, 15) is 0 Å². The van der Waals surface area contributed by atoms with Crippen molar-refractivity contribution in [3.05, 3.63) is 17.5 Å². The fourth-order valence-electron chi connectivity index (χ4n) is 2.18. The van der Waals surface area contributed by atoms with Gasteiger partial charge in [-0.1, -0.05) is 34.1 Å². The number of nitrogens with zero attached hydrogens (tertiary/aromatic N) is 2. The lowest BCUT2D eigenvalue weighted by Gasteiger charge is -2.18. The molecular weight excluding hydrogens is 222 g/mol. The van der Waals surface area contributed by atoms with Gasteiger partial charge in [-0.2, -0.15) is 5.10 Å². The van der Waals surface area contributed by atoms with Crippen LogP contribution in [0.4, 0.5) is 0 Å². The van der Waals surface area contributed by atoms with Crippen LogP contribution < -0.4 is 5.32 Å². The summed E-state index contributed by atoms with van der Waals surface area (Å²) >= 11 is 0. The first-order valence-electron chi connectivity index (χ1n) is 7.39. The van der Waals surface area contributed by atoms with Gasteiger partial charge in [-0.05, 0) is 38.3 Å². The van der Waals surface area contributed by atoms with Crippen LogP contribution in [0, 0.1) is 5.92 Å². The summed E-state index contributed by atoms with van der Waals surface area (Å²) in [5.41, 5.74) is 2.62. The maximum atomic E-state index is 4.63. The Labute approximate surface area is 112 Å². The fraction of sp³-hybridized carbons (Fsp3) is 0.800. The smallest absolute Gasteiger partial charge is 0.0624 e. The molecule has 3 nitrogen and oxygen atoms in total. The van der Waals surface area contributed by atoms with Crippen molar-refractivity contribution in [2.24, 2.45) is 5.92 Å². The molecule has 104 valence electrons. The van der Waals surface area contributed by atoms with E-state index < -0.39 is 0 Å². The number of hydrogen-bond acceptors (Lipinski definition) is 2. The first kappa shape index (κ1) is 15.2. The summed E-state index contributed by atoms with van der Waals surface area (Å²) in [6, 6.07) is 2.85. The summed E-state index contributed by atoms with van der Waals surface area (Å²) in [5.74, 6) is 0.708. The number of hydrogen-bond donors (Lipinski definition) is 1. The average Bonchev–Trinajstić information content (AvgIpc) is 2.76. The molecule has 0 radical (unpaired) electrons. The molecule has 0 bridgehead atoms. The van der Waals surface area contributed by atoms with E-state index in [0.29, 0.717) is 12.0 Å². The fourth-order valence-corrected chi connectivity index (χ4v) is 2.18. The summed E-state index contributed by atoms with van der Waals surface area (Å²) in [7, 11) is 0. The van der Waals surface area contributed by atoms with Crippen molar-refractivity contribution in [1.82, 2.24) is 15.1 Å². The van der Waals surface area contributed by atoms with Gasteiger partial charge in [0, 0.05) is 18.3 Å². The van der Waals surface area contributed by atoms with Gasteiger partial charge in [-0.3, -0.25) is 4.68 Å². The Morgan fingerprint density at radius 3 is 2.50 bits per heavy atom. The van der Waals surface area contributed by atoms with Crippen molar-refractivity contribution in [2.75, 3.05) is 6.54 Å². The van der Waals surface area contributed by atoms with E-state index >= 15 is 0 Å². The minimum absolute atomic E-state index is 0.571. The zero-order valence-electron chi connectivity index (χ0n) is 12.7. The zero-order chi connectivity index (χ0) is 13.5. The Morgan fingerprint density at radius 1 is 1.28 bits per heavy atom. The van der Waals surface area contributed by atoms with Gasteiger partial charge < -0.3 is 5.32 Å². The van der Waals surface area contributed by atoms with Crippen LogP contribution in [0.1, 0.15) is 52.4 Å². The third-order valence-corrected chi connectivity index (χ3v) is 3.47. The summed E-state index contributed by atoms with van der Waals surface area (Å²) in [6.45, 7) is 13.1. The Kier molecular flexibility index (Phi) is 6.41. The molecule has 0 aliphatic carbocycles. The molecule has 1 rings (SSSR count). The Balaban J connectivity index is 2.65. The zero-order valence-corrected chi connectivity index (χ0v) is 12.7. The van der Waals surface area contributed by atoms with Crippen molar-refractivity contribution >= 4 is 0 Å². The topological polar surface area (TPSA) is 29.9 Å².